The molecular weight excluding hydrogens is 198 g/mol. The molecule has 0 aliphatic rings. The molecule has 0 aliphatic carbocycles. The number of nitrogens with one attached hydrogen (secondary N) is 1. The van der Waals surface area contributed by atoms with Crippen molar-refractivity contribution in [3.8, 4) is 11.8 Å². The van der Waals surface area contributed by atoms with Gasteiger partial charge in [0.25, 0.3) is 0 Å². The first-order valence-electron chi connectivity index (χ1n) is 3.87. The average molecular weight is 205 g/mol. The summed E-state index contributed by atoms with van der Waals surface area (Å²) in [6.07, 6.45) is 1.37. The van der Waals surface area contributed by atoms with Crippen LogP contribution >= 0.6 is 12.6 Å². The number of hydrogen-bond donors (Lipinski definition) is 3. The summed E-state index contributed by atoms with van der Waals surface area (Å²) in [5, 5.41) is 7.37. The van der Waals surface area contributed by atoms with Crippen LogP contribution in [0, 0.1) is 11.8 Å². The number of nitrogens with zero attached hydrogens (tertiary/aromatic N) is 3. The number of fused-ring (bicyclic) bond motifs is 1. The Morgan fingerprint density at radius 1 is 1.50 bits per heavy atom. The summed E-state index contributed by atoms with van der Waals surface area (Å²) in [6, 6.07) is 0. The highest BCUT2D eigenvalue weighted by atomic mass is 32.1. The predicted octanol–water partition coefficient (Wildman–Crippen LogP) is 0.216. The minimum Gasteiger partial charge on any atom is -0.383 e. The first-order valence-corrected chi connectivity index (χ1v) is 4.50. The van der Waals surface area contributed by atoms with Crippen molar-refractivity contribution in [1.29, 1.82) is 0 Å². The fourth-order valence-electron chi connectivity index (χ4n) is 1.10. The summed E-state index contributed by atoms with van der Waals surface area (Å²) in [5.41, 5.74) is 6.84. The van der Waals surface area contributed by atoms with Crippen molar-refractivity contribution in [1.82, 2.24) is 20.2 Å². The monoisotopic (exact) mass is 205 g/mol. The van der Waals surface area contributed by atoms with E-state index in [4.69, 9.17) is 5.73 Å². The van der Waals surface area contributed by atoms with E-state index in [2.05, 4.69) is 44.6 Å². The van der Waals surface area contributed by atoms with E-state index in [1.54, 1.807) is 0 Å². The number of aromatic nitrogens is 4. The van der Waals surface area contributed by atoms with Crippen LogP contribution in [0.1, 0.15) is 5.69 Å². The third kappa shape index (κ3) is 1.38. The summed E-state index contributed by atoms with van der Waals surface area (Å²) < 4.78 is 0. The van der Waals surface area contributed by atoms with E-state index in [1.165, 1.54) is 6.33 Å². The molecule has 0 aliphatic heterocycles. The van der Waals surface area contributed by atoms with Gasteiger partial charge in [0, 0.05) is 0 Å². The molecule has 5 nitrogen and oxygen atoms in total. The van der Waals surface area contributed by atoms with Crippen molar-refractivity contribution in [3.05, 3.63) is 12.0 Å². The molecule has 0 spiro atoms. The number of hydrogen-bond acceptors (Lipinski definition) is 5. The molecule has 6 heteroatoms. The van der Waals surface area contributed by atoms with Crippen LogP contribution in [0.4, 0.5) is 5.82 Å². The lowest BCUT2D eigenvalue weighted by Gasteiger charge is -1.91. The van der Waals surface area contributed by atoms with Crippen molar-refractivity contribution in [2.75, 3.05) is 11.5 Å². The number of nitrogen functional groups attached to an aromatic ring is 1. The van der Waals surface area contributed by atoms with E-state index < -0.39 is 0 Å². The first-order chi connectivity index (χ1) is 6.83. The van der Waals surface area contributed by atoms with Crippen LogP contribution in [0.25, 0.3) is 11.0 Å². The maximum absolute atomic E-state index is 5.68. The number of rotatable bonds is 0. The molecule has 0 saturated heterocycles. The normalized spacial score (nSPS) is 9.79. The van der Waals surface area contributed by atoms with Crippen LogP contribution < -0.4 is 5.73 Å². The van der Waals surface area contributed by atoms with Crippen LogP contribution in [-0.2, 0) is 0 Å². The zero-order chi connectivity index (χ0) is 9.97. The Kier molecular flexibility index (Phi) is 2.24. The van der Waals surface area contributed by atoms with Gasteiger partial charge in [-0.2, -0.15) is 17.7 Å². The van der Waals surface area contributed by atoms with Gasteiger partial charge in [0.1, 0.15) is 17.8 Å². The minimum atomic E-state index is 0.382. The molecule has 3 N–H and O–H groups in total. The van der Waals surface area contributed by atoms with Crippen LogP contribution in [0.3, 0.4) is 0 Å². The molecule has 0 fully saturated rings. The third-order valence-electron chi connectivity index (χ3n) is 1.67. The van der Waals surface area contributed by atoms with Crippen LogP contribution in [0.15, 0.2) is 6.33 Å². The number of nitrogens with two attached hydrogens (primary N) is 1. The molecule has 2 rings (SSSR count). The van der Waals surface area contributed by atoms with Gasteiger partial charge < -0.3 is 5.73 Å². The maximum atomic E-state index is 5.68. The fraction of sp³-hybridized carbons (Fsp3) is 0.125. The Morgan fingerprint density at radius 3 is 3.14 bits per heavy atom. The van der Waals surface area contributed by atoms with Gasteiger partial charge in [-0.3, -0.25) is 5.10 Å². The quantitative estimate of drug-likeness (QED) is 0.424. The summed E-state index contributed by atoms with van der Waals surface area (Å²) in [4.78, 5) is 7.82. The van der Waals surface area contributed by atoms with Gasteiger partial charge in [-0.1, -0.05) is 5.92 Å². The average Bonchev–Trinajstić information content (AvgIpc) is 2.59. The molecule has 2 heterocycles. The maximum Gasteiger partial charge on any atom is 0.187 e. The molecule has 2 aromatic rings. The Hall–Kier alpha value is -1.74. The zero-order valence-corrected chi connectivity index (χ0v) is 8.05. The molecule has 0 saturated carbocycles. The summed E-state index contributed by atoms with van der Waals surface area (Å²) in [5.74, 6) is 6.52. The van der Waals surface area contributed by atoms with Gasteiger partial charge in [-0.05, 0) is 5.92 Å². The highest BCUT2D eigenvalue weighted by Crippen LogP contribution is 2.17. The first kappa shape index (κ1) is 8.84. The van der Waals surface area contributed by atoms with E-state index in [9.17, 15) is 0 Å². The van der Waals surface area contributed by atoms with Gasteiger partial charge in [0.05, 0.1) is 11.1 Å². The number of anilines is 1. The molecule has 0 amide bonds. The highest BCUT2D eigenvalue weighted by Gasteiger charge is 2.07. The van der Waals surface area contributed by atoms with Crippen molar-refractivity contribution in [3.63, 3.8) is 0 Å². The van der Waals surface area contributed by atoms with E-state index in [0.717, 1.165) is 0 Å². The standard InChI is InChI=1S/C8H7N5S/c9-7-6-5(2-1-3-14)12-13-8(6)11-4-10-7/h4,14H,3H2,(H3,9,10,11,12,13). The van der Waals surface area contributed by atoms with Gasteiger partial charge in [-0.25, -0.2) is 9.97 Å². The minimum absolute atomic E-state index is 0.382. The zero-order valence-electron chi connectivity index (χ0n) is 7.15. The van der Waals surface area contributed by atoms with Crippen LogP contribution in [0.5, 0.6) is 0 Å². The molecule has 14 heavy (non-hydrogen) atoms. The molecule has 0 unspecified atom stereocenters. The SMILES string of the molecule is Nc1ncnc2n[nH]c(C#CCS)c12. The second-order valence-corrected chi connectivity index (χ2v) is 2.83. The molecule has 2 aromatic heterocycles. The van der Waals surface area contributed by atoms with E-state index in [0.29, 0.717) is 28.3 Å². The second-order valence-electron chi connectivity index (χ2n) is 2.52. The van der Waals surface area contributed by atoms with Crippen molar-refractivity contribution in [2.24, 2.45) is 0 Å². The second kappa shape index (κ2) is 3.55. The van der Waals surface area contributed by atoms with Crippen molar-refractivity contribution in [2.45, 2.75) is 0 Å². The Labute approximate surface area is 85.5 Å². The topological polar surface area (TPSA) is 80.5 Å². The van der Waals surface area contributed by atoms with Gasteiger partial charge in [0.2, 0.25) is 0 Å². The van der Waals surface area contributed by atoms with Crippen molar-refractivity contribution >= 4 is 29.5 Å². The molecule has 0 aromatic carbocycles. The Bertz CT molecular complexity index is 521. The number of aromatic amines is 1. The van der Waals surface area contributed by atoms with E-state index in [1.807, 2.05) is 0 Å². The molecular formula is C8H7N5S. The molecule has 0 radical (unpaired) electrons. The lowest BCUT2D eigenvalue weighted by atomic mass is 10.3. The van der Waals surface area contributed by atoms with Gasteiger partial charge in [0.15, 0.2) is 5.65 Å². The molecule has 70 valence electrons. The summed E-state index contributed by atoms with van der Waals surface area (Å²) in [6.45, 7) is 0. The largest absolute Gasteiger partial charge is 0.383 e. The summed E-state index contributed by atoms with van der Waals surface area (Å²) >= 11 is 3.98. The molecule has 0 atom stereocenters. The van der Waals surface area contributed by atoms with Crippen molar-refractivity contribution < 1.29 is 0 Å². The Morgan fingerprint density at radius 2 is 2.36 bits per heavy atom. The Balaban J connectivity index is 2.67. The summed E-state index contributed by atoms with van der Waals surface area (Å²) in [7, 11) is 0. The third-order valence-corrected chi connectivity index (χ3v) is 1.83. The lowest BCUT2D eigenvalue weighted by molar-refractivity contribution is 1.08. The lowest BCUT2D eigenvalue weighted by Crippen LogP contribution is -1.92. The number of thiol groups is 1. The van der Waals surface area contributed by atoms with Crippen LogP contribution in [-0.4, -0.2) is 25.9 Å². The van der Waals surface area contributed by atoms with Crippen LogP contribution in [0.2, 0.25) is 0 Å². The molecule has 0 bridgehead atoms. The highest BCUT2D eigenvalue weighted by molar-refractivity contribution is 7.80. The fourth-order valence-corrected chi connectivity index (χ4v) is 1.18. The van der Waals surface area contributed by atoms with E-state index >= 15 is 0 Å². The smallest absolute Gasteiger partial charge is 0.187 e. The predicted molar refractivity (Wildman–Crippen MR) is 56.8 cm³/mol. The van der Waals surface area contributed by atoms with Gasteiger partial charge >= 0.3 is 0 Å². The van der Waals surface area contributed by atoms with Gasteiger partial charge in [-0.15, -0.1) is 0 Å². The number of H-pyrrole nitrogens is 1. The van der Waals surface area contributed by atoms with E-state index in [-0.39, 0.29) is 0 Å².